The molecule has 27 heavy (non-hydrogen) atoms. The second kappa shape index (κ2) is 7.08. The van der Waals surface area contributed by atoms with Gasteiger partial charge in [-0.05, 0) is 62.4 Å². The first-order valence-electron chi connectivity index (χ1n) is 9.93. The van der Waals surface area contributed by atoms with Gasteiger partial charge in [-0.2, -0.15) is 0 Å². The Kier molecular flexibility index (Phi) is 4.77. The van der Waals surface area contributed by atoms with E-state index >= 15 is 0 Å². The quantitative estimate of drug-likeness (QED) is 0.828. The van der Waals surface area contributed by atoms with Gasteiger partial charge in [-0.1, -0.05) is 36.4 Å². The Morgan fingerprint density at radius 2 is 1.78 bits per heavy atom. The van der Waals surface area contributed by atoms with Crippen molar-refractivity contribution < 1.29 is 4.79 Å². The first kappa shape index (κ1) is 18.2. The lowest BCUT2D eigenvalue weighted by molar-refractivity contribution is -0.128. The molecule has 4 heteroatoms. The number of carbonyl (C=O) groups is 1. The molecular weight excluding hydrogens is 334 g/mol. The normalized spacial score (nSPS) is 28.3. The molecule has 1 aliphatic carbocycles. The van der Waals surface area contributed by atoms with Crippen molar-refractivity contribution in [3.8, 4) is 0 Å². The smallest absolute Gasteiger partial charge is 0.223 e. The summed E-state index contributed by atoms with van der Waals surface area (Å²) < 4.78 is 0. The largest absolute Gasteiger partial charge is 0.338 e. The molecule has 0 atom stereocenters. The van der Waals surface area contributed by atoms with Crippen LogP contribution in [0.4, 0.5) is 0 Å². The van der Waals surface area contributed by atoms with Crippen LogP contribution >= 0.6 is 0 Å². The standard InChI is InChI=1S/C23H29N3O/c1-25(2)23(20-8-4-3-5-9-20)12-10-22(11-13-23)15-21(27)26(18-22)17-19-7-6-14-24-16-19/h3-9,14,16H,10-13,15,17-18H2,1-2H3. The van der Waals surface area contributed by atoms with Crippen LogP contribution in [0.2, 0.25) is 0 Å². The molecule has 1 aromatic heterocycles. The molecule has 1 saturated carbocycles. The van der Waals surface area contributed by atoms with Crippen LogP contribution in [-0.4, -0.2) is 41.3 Å². The van der Waals surface area contributed by atoms with Crippen molar-refractivity contribution in [2.24, 2.45) is 5.41 Å². The third kappa shape index (κ3) is 3.39. The molecular formula is C23H29N3O. The Balaban J connectivity index is 1.49. The summed E-state index contributed by atoms with van der Waals surface area (Å²) in [6.07, 6.45) is 8.78. The Bertz CT molecular complexity index is 780. The number of hydrogen-bond donors (Lipinski definition) is 0. The second-order valence-electron chi connectivity index (χ2n) is 8.58. The molecule has 2 heterocycles. The van der Waals surface area contributed by atoms with Crippen LogP contribution in [0.25, 0.3) is 0 Å². The third-order valence-corrected chi connectivity index (χ3v) is 6.81. The van der Waals surface area contributed by atoms with E-state index in [4.69, 9.17) is 0 Å². The highest BCUT2D eigenvalue weighted by Crippen LogP contribution is 2.52. The molecule has 142 valence electrons. The molecule has 4 nitrogen and oxygen atoms in total. The summed E-state index contributed by atoms with van der Waals surface area (Å²) in [6, 6.07) is 14.9. The maximum absolute atomic E-state index is 12.7. The molecule has 0 bridgehead atoms. The lowest BCUT2D eigenvalue weighted by Gasteiger charge is -2.48. The number of hydrogen-bond acceptors (Lipinski definition) is 3. The Hall–Kier alpha value is -2.20. The van der Waals surface area contributed by atoms with E-state index < -0.39 is 0 Å². The zero-order valence-electron chi connectivity index (χ0n) is 16.4. The summed E-state index contributed by atoms with van der Waals surface area (Å²) in [5.74, 6) is 0.302. The summed E-state index contributed by atoms with van der Waals surface area (Å²) in [5, 5.41) is 0. The zero-order valence-corrected chi connectivity index (χ0v) is 16.4. The highest BCUT2D eigenvalue weighted by molar-refractivity contribution is 5.79. The first-order chi connectivity index (χ1) is 13.0. The van der Waals surface area contributed by atoms with Crippen molar-refractivity contribution in [2.45, 2.75) is 44.2 Å². The lowest BCUT2D eigenvalue weighted by Crippen LogP contribution is -2.47. The lowest BCUT2D eigenvalue weighted by atomic mass is 9.64. The molecule has 1 aromatic carbocycles. The number of carbonyl (C=O) groups excluding carboxylic acids is 1. The molecule has 1 aliphatic heterocycles. The average Bonchev–Trinajstić information content (AvgIpc) is 2.99. The zero-order chi connectivity index (χ0) is 18.9. The molecule has 2 aliphatic rings. The predicted molar refractivity (Wildman–Crippen MR) is 107 cm³/mol. The van der Waals surface area contributed by atoms with E-state index in [0.717, 1.165) is 37.8 Å². The number of pyridine rings is 1. The van der Waals surface area contributed by atoms with Crippen LogP contribution in [0.15, 0.2) is 54.9 Å². The molecule has 2 fully saturated rings. The van der Waals surface area contributed by atoms with Gasteiger partial charge in [-0.25, -0.2) is 0 Å². The van der Waals surface area contributed by atoms with Crippen molar-refractivity contribution in [2.75, 3.05) is 20.6 Å². The summed E-state index contributed by atoms with van der Waals surface area (Å²) in [6.45, 7) is 1.57. The van der Waals surface area contributed by atoms with Gasteiger partial charge in [0, 0.05) is 37.4 Å². The van der Waals surface area contributed by atoms with Gasteiger partial charge in [-0.3, -0.25) is 14.7 Å². The molecule has 0 radical (unpaired) electrons. The maximum Gasteiger partial charge on any atom is 0.223 e. The van der Waals surface area contributed by atoms with Crippen molar-refractivity contribution in [1.82, 2.24) is 14.8 Å². The van der Waals surface area contributed by atoms with Gasteiger partial charge in [-0.15, -0.1) is 0 Å². The Morgan fingerprint density at radius 3 is 2.41 bits per heavy atom. The molecule has 0 N–H and O–H groups in total. The fourth-order valence-electron chi connectivity index (χ4n) is 5.11. The van der Waals surface area contributed by atoms with Crippen LogP contribution in [-0.2, 0) is 16.9 Å². The van der Waals surface area contributed by atoms with Crippen LogP contribution in [0.1, 0.15) is 43.2 Å². The van der Waals surface area contributed by atoms with Gasteiger partial charge in [0.2, 0.25) is 5.91 Å². The van der Waals surface area contributed by atoms with E-state index in [0.29, 0.717) is 18.9 Å². The number of aromatic nitrogens is 1. The number of amides is 1. The fraction of sp³-hybridized carbons (Fsp3) is 0.478. The van der Waals surface area contributed by atoms with E-state index in [2.05, 4.69) is 60.4 Å². The number of rotatable bonds is 4. The van der Waals surface area contributed by atoms with Crippen molar-refractivity contribution >= 4 is 5.91 Å². The summed E-state index contributed by atoms with van der Waals surface area (Å²) >= 11 is 0. The molecule has 0 unspecified atom stereocenters. The molecule has 1 saturated heterocycles. The van der Waals surface area contributed by atoms with Gasteiger partial charge < -0.3 is 4.90 Å². The molecule has 1 amide bonds. The van der Waals surface area contributed by atoms with Gasteiger partial charge in [0.15, 0.2) is 0 Å². The molecule has 4 rings (SSSR count). The Morgan fingerprint density at radius 1 is 1.04 bits per heavy atom. The molecule has 1 spiro atoms. The van der Waals surface area contributed by atoms with E-state index in [1.165, 1.54) is 5.56 Å². The summed E-state index contributed by atoms with van der Waals surface area (Å²) in [4.78, 5) is 21.3. The minimum atomic E-state index is 0.0896. The highest BCUT2D eigenvalue weighted by Gasteiger charge is 2.50. The minimum Gasteiger partial charge on any atom is -0.338 e. The fourth-order valence-corrected chi connectivity index (χ4v) is 5.11. The van der Waals surface area contributed by atoms with Crippen LogP contribution in [0.3, 0.4) is 0 Å². The highest BCUT2D eigenvalue weighted by atomic mass is 16.2. The van der Waals surface area contributed by atoms with Gasteiger partial charge in [0.05, 0.1) is 0 Å². The van der Waals surface area contributed by atoms with Gasteiger partial charge >= 0.3 is 0 Å². The van der Waals surface area contributed by atoms with E-state index in [1.807, 2.05) is 17.2 Å². The Labute approximate surface area is 162 Å². The van der Waals surface area contributed by atoms with Crippen molar-refractivity contribution in [3.63, 3.8) is 0 Å². The summed E-state index contributed by atoms with van der Waals surface area (Å²) in [7, 11) is 4.39. The van der Waals surface area contributed by atoms with Crippen molar-refractivity contribution in [3.05, 3.63) is 66.0 Å². The maximum atomic E-state index is 12.7. The third-order valence-electron chi connectivity index (χ3n) is 6.81. The van der Waals surface area contributed by atoms with Gasteiger partial charge in [0.25, 0.3) is 0 Å². The van der Waals surface area contributed by atoms with Gasteiger partial charge in [0.1, 0.15) is 0 Å². The van der Waals surface area contributed by atoms with E-state index in [1.54, 1.807) is 6.20 Å². The van der Waals surface area contributed by atoms with Crippen LogP contribution in [0.5, 0.6) is 0 Å². The second-order valence-corrected chi connectivity index (χ2v) is 8.58. The minimum absolute atomic E-state index is 0.0896. The monoisotopic (exact) mass is 363 g/mol. The topological polar surface area (TPSA) is 36.4 Å². The van der Waals surface area contributed by atoms with E-state index in [9.17, 15) is 4.79 Å². The number of benzene rings is 1. The predicted octanol–water partition coefficient (Wildman–Crippen LogP) is 3.83. The molecule has 2 aromatic rings. The SMILES string of the molecule is CN(C)C1(c2ccccc2)CCC2(CC1)CC(=O)N(Cc1cccnc1)C2. The number of likely N-dealkylation sites (tertiary alicyclic amines) is 1. The first-order valence-corrected chi connectivity index (χ1v) is 9.93. The average molecular weight is 364 g/mol. The number of nitrogens with zero attached hydrogens (tertiary/aromatic N) is 3. The van der Waals surface area contributed by atoms with Crippen LogP contribution < -0.4 is 0 Å². The van der Waals surface area contributed by atoms with Crippen LogP contribution in [0, 0.1) is 5.41 Å². The van der Waals surface area contributed by atoms with E-state index in [-0.39, 0.29) is 11.0 Å². The summed E-state index contributed by atoms with van der Waals surface area (Å²) in [5.41, 5.74) is 2.76. The van der Waals surface area contributed by atoms with Crippen molar-refractivity contribution in [1.29, 1.82) is 0 Å².